The molecule has 1 aliphatic rings. The highest BCUT2D eigenvalue weighted by Gasteiger charge is 2.29. The van der Waals surface area contributed by atoms with Gasteiger partial charge in [0.2, 0.25) is 5.91 Å². The van der Waals surface area contributed by atoms with E-state index in [9.17, 15) is 4.79 Å². The lowest BCUT2D eigenvalue weighted by molar-refractivity contribution is -0.124. The normalized spacial score (nSPS) is 25.5. The highest BCUT2D eigenvalue weighted by molar-refractivity contribution is 5.82. The largest absolute Gasteiger partial charge is 0.347 e. The third-order valence-electron chi connectivity index (χ3n) is 3.31. The second kappa shape index (κ2) is 5.27. The molecule has 92 valence electrons. The summed E-state index contributed by atoms with van der Waals surface area (Å²) in [5.41, 5.74) is 0.895. The number of hydrogen-bond donors (Lipinski definition) is 2. The molecule has 17 heavy (non-hydrogen) atoms. The van der Waals surface area contributed by atoms with E-state index >= 15 is 0 Å². The second-order valence-corrected chi connectivity index (χ2v) is 4.68. The molecule has 1 saturated heterocycles. The fourth-order valence-corrected chi connectivity index (χ4v) is 2.19. The van der Waals surface area contributed by atoms with E-state index in [1.165, 1.54) is 0 Å². The van der Waals surface area contributed by atoms with E-state index in [4.69, 9.17) is 0 Å². The Labute approximate surface area is 102 Å². The standard InChI is InChI=1S/C13H19N3O/c1-9-6-8-15-12(9)13(17)16-10(2)11-5-3-4-7-14-11/h3-5,7,9-10,12,15H,6,8H2,1-2H3,(H,16,17)/t9?,10-,12?/m0/s1. The molecule has 0 saturated carbocycles. The molecule has 1 aromatic rings. The summed E-state index contributed by atoms with van der Waals surface area (Å²) in [7, 11) is 0. The number of hydrogen-bond acceptors (Lipinski definition) is 3. The van der Waals surface area contributed by atoms with Crippen molar-refractivity contribution in [1.29, 1.82) is 0 Å². The fourth-order valence-electron chi connectivity index (χ4n) is 2.19. The van der Waals surface area contributed by atoms with Gasteiger partial charge in [0.25, 0.3) is 0 Å². The minimum Gasteiger partial charge on any atom is -0.347 e. The number of carbonyl (C=O) groups excluding carboxylic acids is 1. The van der Waals surface area contributed by atoms with Crippen LogP contribution in [0.4, 0.5) is 0 Å². The van der Waals surface area contributed by atoms with Gasteiger partial charge in [-0.05, 0) is 37.9 Å². The molecule has 3 atom stereocenters. The van der Waals surface area contributed by atoms with E-state index in [1.807, 2.05) is 25.1 Å². The van der Waals surface area contributed by atoms with Crippen LogP contribution >= 0.6 is 0 Å². The number of nitrogens with one attached hydrogen (secondary N) is 2. The molecule has 2 N–H and O–H groups in total. The molecule has 2 rings (SSSR count). The predicted octanol–water partition coefficient (Wildman–Crippen LogP) is 1.26. The number of aromatic nitrogens is 1. The molecule has 1 aromatic heterocycles. The average Bonchev–Trinajstić information content (AvgIpc) is 2.76. The van der Waals surface area contributed by atoms with Gasteiger partial charge in [-0.15, -0.1) is 0 Å². The van der Waals surface area contributed by atoms with Gasteiger partial charge >= 0.3 is 0 Å². The summed E-state index contributed by atoms with van der Waals surface area (Å²) < 4.78 is 0. The number of nitrogens with zero attached hydrogens (tertiary/aromatic N) is 1. The van der Waals surface area contributed by atoms with Crippen molar-refractivity contribution in [2.75, 3.05) is 6.54 Å². The molecule has 2 unspecified atom stereocenters. The Morgan fingerprint density at radius 3 is 3.00 bits per heavy atom. The van der Waals surface area contributed by atoms with Crippen LogP contribution in [0.25, 0.3) is 0 Å². The smallest absolute Gasteiger partial charge is 0.237 e. The highest BCUT2D eigenvalue weighted by atomic mass is 16.2. The van der Waals surface area contributed by atoms with Crippen molar-refractivity contribution in [2.45, 2.75) is 32.4 Å². The topological polar surface area (TPSA) is 54.0 Å². The molecular weight excluding hydrogens is 214 g/mol. The van der Waals surface area contributed by atoms with Crippen LogP contribution in [0.5, 0.6) is 0 Å². The number of amides is 1. The summed E-state index contributed by atoms with van der Waals surface area (Å²) >= 11 is 0. The third kappa shape index (κ3) is 2.82. The van der Waals surface area contributed by atoms with Crippen LogP contribution in [0, 0.1) is 5.92 Å². The Morgan fingerprint density at radius 1 is 1.59 bits per heavy atom. The minimum atomic E-state index is -0.0545. The Hall–Kier alpha value is -1.42. The first-order valence-corrected chi connectivity index (χ1v) is 6.13. The molecule has 1 fully saturated rings. The van der Waals surface area contributed by atoms with Gasteiger partial charge in [-0.2, -0.15) is 0 Å². The number of carbonyl (C=O) groups is 1. The molecule has 0 spiro atoms. The zero-order chi connectivity index (χ0) is 12.3. The molecule has 0 radical (unpaired) electrons. The molecular formula is C13H19N3O. The molecule has 4 nitrogen and oxygen atoms in total. The van der Waals surface area contributed by atoms with Crippen LogP contribution < -0.4 is 10.6 Å². The van der Waals surface area contributed by atoms with Gasteiger partial charge < -0.3 is 10.6 Å². The van der Waals surface area contributed by atoms with E-state index < -0.39 is 0 Å². The van der Waals surface area contributed by atoms with E-state index in [0.29, 0.717) is 5.92 Å². The Balaban J connectivity index is 1.95. The zero-order valence-corrected chi connectivity index (χ0v) is 10.3. The van der Waals surface area contributed by atoms with Gasteiger partial charge in [0.05, 0.1) is 17.8 Å². The first-order chi connectivity index (χ1) is 8.18. The van der Waals surface area contributed by atoms with E-state index in [-0.39, 0.29) is 18.0 Å². The van der Waals surface area contributed by atoms with E-state index in [1.54, 1.807) is 6.20 Å². The first-order valence-electron chi connectivity index (χ1n) is 6.13. The second-order valence-electron chi connectivity index (χ2n) is 4.68. The van der Waals surface area contributed by atoms with Gasteiger partial charge in [-0.3, -0.25) is 9.78 Å². The zero-order valence-electron chi connectivity index (χ0n) is 10.3. The lowest BCUT2D eigenvalue weighted by atomic mass is 10.0. The van der Waals surface area contributed by atoms with Gasteiger partial charge in [0.15, 0.2) is 0 Å². The first kappa shape index (κ1) is 12.0. The molecule has 1 amide bonds. The lowest BCUT2D eigenvalue weighted by Gasteiger charge is -2.19. The summed E-state index contributed by atoms with van der Waals surface area (Å²) in [6.45, 7) is 4.99. The Bertz CT molecular complexity index is 380. The SMILES string of the molecule is CC1CCNC1C(=O)N[C@@H](C)c1ccccn1. The Kier molecular flexibility index (Phi) is 3.74. The number of rotatable bonds is 3. The van der Waals surface area contributed by atoms with Crippen LogP contribution in [0.3, 0.4) is 0 Å². The maximum atomic E-state index is 12.0. The van der Waals surface area contributed by atoms with Crippen molar-refractivity contribution in [3.05, 3.63) is 30.1 Å². The van der Waals surface area contributed by atoms with Crippen LogP contribution in [0.2, 0.25) is 0 Å². The van der Waals surface area contributed by atoms with Crippen molar-refractivity contribution in [3.8, 4) is 0 Å². The highest BCUT2D eigenvalue weighted by Crippen LogP contribution is 2.16. The minimum absolute atomic E-state index is 0.0432. The Morgan fingerprint density at radius 2 is 2.41 bits per heavy atom. The van der Waals surface area contributed by atoms with Crippen LogP contribution in [-0.4, -0.2) is 23.5 Å². The molecule has 1 aliphatic heterocycles. The summed E-state index contributed by atoms with van der Waals surface area (Å²) in [5, 5.41) is 6.24. The summed E-state index contributed by atoms with van der Waals surface area (Å²) in [6, 6.07) is 5.63. The molecule has 4 heteroatoms. The molecule has 0 aromatic carbocycles. The van der Waals surface area contributed by atoms with Crippen molar-refractivity contribution >= 4 is 5.91 Å². The predicted molar refractivity (Wildman–Crippen MR) is 66.4 cm³/mol. The summed E-state index contributed by atoms with van der Waals surface area (Å²) in [5.74, 6) is 0.485. The number of pyridine rings is 1. The van der Waals surface area contributed by atoms with Gasteiger partial charge in [-0.1, -0.05) is 13.0 Å². The lowest BCUT2D eigenvalue weighted by Crippen LogP contribution is -2.44. The third-order valence-corrected chi connectivity index (χ3v) is 3.31. The maximum absolute atomic E-state index is 12.0. The van der Waals surface area contributed by atoms with Crippen molar-refractivity contribution in [3.63, 3.8) is 0 Å². The quantitative estimate of drug-likeness (QED) is 0.826. The van der Waals surface area contributed by atoms with Gasteiger partial charge in [0, 0.05) is 6.20 Å². The maximum Gasteiger partial charge on any atom is 0.237 e. The molecule has 0 aliphatic carbocycles. The summed E-state index contributed by atoms with van der Waals surface area (Å²) in [6.07, 6.45) is 2.81. The average molecular weight is 233 g/mol. The van der Waals surface area contributed by atoms with Crippen LogP contribution in [0.15, 0.2) is 24.4 Å². The monoisotopic (exact) mass is 233 g/mol. The van der Waals surface area contributed by atoms with Crippen LogP contribution in [0.1, 0.15) is 32.0 Å². The van der Waals surface area contributed by atoms with Gasteiger partial charge in [0.1, 0.15) is 0 Å². The van der Waals surface area contributed by atoms with Crippen molar-refractivity contribution < 1.29 is 4.79 Å². The summed E-state index contributed by atoms with van der Waals surface area (Å²) in [4.78, 5) is 16.3. The van der Waals surface area contributed by atoms with E-state index in [0.717, 1.165) is 18.7 Å². The molecule has 0 bridgehead atoms. The fraction of sp³-hybridized carbons (Fsp3) is 0.538. The van der Waals surface area contributed by atoms with Crippen LogP contribution in [-0.2, 0) is 4.79 Å². The van der Waals surface area contributed by atoms with E-state index in [2.05, 4.69) is 22.5 Å². The van der Waals surface area contributed by atoms with Gasteiger partial charge in [-0.25, -0.2) is 0 Å². The van der Waals surface area contributed by atoms with Crippen molar-refractivity contribution in [2.24, 2.45) is 5.92 Å². The molecule has 2 heterocycles. The van der Waals surface area contributed by atoms with Crippen molar-refractivity contribution in [1.82, 2.24) is 15.6 Å².